The molecule has 1 unspecified atom stereocenters. The minimum Gasteiger partial charge on any atom is -0.548 e. The van der Waals surface area contributed by atoms with Gasteiger partial charge in [0.1, 0.15) is 0 Å². The topological polar surface area (TPSA) is 72.5 Å². The van der Waals surface area contributed by atoms with E-state index < -0.39 is 12.0 Å². The molecule has 1 amide bonds. The van der Waals surface area contributed by atoms with E-state index >= 15 is 0 Å². The molecule has 2 aromatic carbocycles. The molecule has 2 heterocycles. The Bertz CT molecular complexity index is 930. The summed E-state index contributed by atoms with van der Waals surface area (Å²) in [6.45, 7) is 0.577. The predicted octanol–water partition coefficient (Wildman–Crippen LogP) is -0.531. The van der Waals surface area contributed by atoms with Gasteiger partial charge in [0.2, 0.25) is 0 Å². The Kier molecular flexibility index (Phi) is 5.96. The van der Waals surface area contributed by atoms with E-state index in [1.54, 1.807) is 17.0 Å². The standard InChI is InChI=1S/C20H17ClN2O3.Na/c21-12-6-7-14-16(11-18(20(25)26)22-17(14)10-12)15-8-9-23(19(15)24)13-4-2-1-3-5-13;/h1-7,10,18,22H,8-9,11H2,(H,25,26);/q;+1/p-1/b16-15-;. The normalized spacial score (nSPS) is 21.3. The van der Waals surface area contributed by atoms with E-state index in [1.165, 1.54) is 0 Å². The fourth-order valence-electron chi connectivity index (χ4n) is 3.61. The fraction of sp³-hybridized carbons (Fsp3) is 0.200. The number of hydrogen-bond donors (Lipinski definition) is 1. The Balaban J connectivity index is 0.00000210. The van der Waals surface area contributed by atoms with Gasteiger partial charge in [0.15, 0.2) is 0 Å². The van der Waals surface area contributed by atoms with Gasteiger partial charge in [0, 0.05) is 34.1 Å². The number of aliphatic carboxylic acids is 1. The molecule has 27 heavy (non-hydrogen) atoms. The molecule has 0 aromatic heterocycles. The van der Waals surface area contributed by atoms with Crippen LogP contribution >= 0.6 is 11.6 Å². The van der Waals surface area contributed by atoms with E-state index in [0.717, 1.165) is 16.8 Å². The second-order valence-electron chi connectivity index (χ2n) is 6.41. The quantitative estimate of drug-likeness (QED) is 0.552. The van der Waals surface area contributed by atoms with Crippen molar-refractivity contribution in [3.8, 4) is 0 Å². The molecule has 7 heteroatoms. The number of carbonyl (C=O) groups excluding carboxylic acids is 2. The van der Waals surface area contributed by atoms with Crippen molar-refractivity contribution in [1.82, 2.24) is 0 Å². The molecule has 0 aliphatic carbocycles. The van der Waals surface area contributed by atoms with E-state index in [0.29, 0.717) is 29.2 Å². The molecule has 0 radical (unpaired) electrons. The van der Waals surface area contributed by atoms with Crippen LogP contribution in [0.3, 0.4) is 0 Å². The fourth-order valence-corrected chi connectivity index (χ4v) is 3.78. The van der Waals surface area contributed by atoms with Crippen LogP contribution in [0.15, 0.2) is 54.1 Å². The summed E-state index contributed by atoms with van der Waals surface area (Å²) in [5.41, 5.74) is 3.70. The molecule has 0 saturated carbocycles. The first kappa shape index (κ1) is 20.0. The number of halogens is 1. The molecule has 1 atom stereocenters. The van der Waals surface area contributed by atoms with Crippen LogP contribution < -0.4 is 44.9 Å². The molecule has 132 valence electrons. The Hall–Kier alpha value is -1.79. The average Bonchev–Trinajstić information content (AvgIpc) is 3.02. The van der Waals surface area contributed by atoms with E-state index in [-0.39, 0.29) is 41.9 Å². The number of hydrogen-bond acceptors (Lipinski definition) is 4. The maximum absolute atomic E-state index is 13.0. The number of nitrogens with one attached hydrogen (secondary N) is 1. The molecule has 2 aliphatic heterocycles. The van der Waals surface area contributed by atoms with Crippen molar-refractivity contribution < 1.29 is 44.3 Å². The number of carboxylic acids is 1. The number of para-hydroxylation sites is 1. The molecule has 1 fully saturated rings. The minimum absolute atomic E-state index is 0. The van der Waals surface area contributed by atoms with Gasteiger partial charge in [-0.1, -0.05) is 35.9 Å². The van der Waals surface area contributed by atoms with Crippen LogP contribution in [0, 0.1) is 0 Å². The third-order valence-electron chi connectivity index (χ3n) is 4.85. The first-order chi connectivity index (χ1) is 12.5. The summed E-state index contributed by atoms with van der Waals surface area (Å²) in [6, 6.07) is 13.8. The molecule has 1 saturated heterocycles. The van der Waals surface area contributed by atoms with E-state index in [9.17, 15) is 14.7 Å². The summed E-state index contributed by atoms with van der Waals surface area (Å²) < 4.78 is 0. The molecule has 2 aromatic rings. The molecular weight excluding hydrogens is 375 g/mol. The van der Waals surface area contributed by atoms with Gasteiger partial charge in [-0.2, -0.15) is 0 Å². The first-order valence-corrected chi connectivity index (χ1v) is 8.78. The number of rotatable bonds is 2. The SMILES string of the molecule is O=C([O-])C1C/C(=C2\CCN(c3ccccc3)C2=O)c2ccc(Cl)cc2N1.[Na+]. The second kappa shape index (κ2) is 8.07. The van der Waals surface area contributed by atoms with Gasteiger partial charge >= 0.3 is 29.6 Å². The van der Waals surface area contributed by atoms with Crippen molar-refractivity contribution in [2.45, 2.75) is 18.9 Å². The van der Waals surface area contributed by atoms with Crippen LogP contribution in [0.1, 0.15) is 18.4 Å². The van der Waals surface area contributed by atoms with Crippen molar-refractivity contribution in [2.24, 2.45) is 0 Å². The molecule has 1 N–H and O–H groups in total. The smallest absolute Gasteiger partial charge is 0.548 e. The Morgan fingerprint density at radius 3 is 2.59 bits per heavy atom. The maximum atomic E-state index is 13.0. The number of nitrogens with zero attached hydrogens (tertiary/aromatic N) is 1. The van der Waals surface area contributed by atoms with Crippen molar-refractivity contribution in [3.05, 3.63) is 64.7 Å². The predicted molar refractivity (Wildman–Crippen MR) is 98.8 cm³/mol. The van der Waals surface area contributed by atoms with Gasteiger partial charge < -0.3 is 20.1 Å². The van der Waals surface area contributed by atoms with Crippen LogP contribution in [-0.2, 0) is 9.59 Å². The zero-order chi connectivity index (χ0) is 18.3. The Morgan fingerprint density at radius 1 is 1.15 bits per heavy atom. The number of anilines is 2. The maximum Gasteiger partial charge on any atom is 1.00 e. The van der Waals surface area contributed by atoms with Gasteiger partial charge in [-0.15, -0.1) is 0 Å². The summed E-state index contributed by atoms with van der Waals surface area (Å²) in [6.07, 6.45) is 0.783. The van der Waals surface area contributed by atoms with Gasteiger partial charge in [0.05, 0.1) is 12.0 Å². The molecule has 0 spiro atoms. The number of fused-ring (bicyclic) bond motifs is 1. The van der Waals surface area contributed by atoms with Crippen LogP contribution in [0.4, 0.5) is 11.4 Å². The van der Waals surface area contributed by atoms with E-state index in [1.807, 2.05) is 36.4 Å². The summed E-state index contributed by atoms with van der Waals surface area (Å²) in [4.78, 5) is 26.2. The van der Waals surface area contributed by atoms with Crippen molar-refractivity contribution in [1.29, 1.82) is 0 Å². The van der Waals surface area contributed by atoms with Crippen LogP contribution in [0.25, 0.3) is 5.57 Å². The van der Waals surface area contributed by atoms with Gasteiger partial charge in [0.25, 0.3) is 5.91 Å². The zero-order valence-electron chi connectivity index (χ0n) is 14.9. The third-order valence-corrected chi connectivity index (χ3v) is 5.09. The Labute approximate surface area is 184 Å². The summed E-state index contributed by atoms with van der Waals surface area (Å²) in [5.74, 6) is -1.27. The van der Waals surface area contributed by atoms with Crippen molar-refractivity contribution >= 4 is 40.4 Å². The van der Waals surface area contributed by atoms with Crippen LogP contribution in [0.5, 0.6) is 0 Å². The van der Waals surface area contributed by atoms with Gasteiger partial charge in [-0.05, 0) is 42.7 Å². The Morgan fingerprint density at radius 2 is 1.89 bits per heavy atom. The summed E-state index contributed by atoms with van der Waals surface area (Å²) in [5, 5.41) is 14.9. The number of carboxylic acid groups (broad SMARTS) is 1. The first-order valence-electron chi connectivity index (χ1n) is 8.41. The average molecular weight is 391 g/mol. The molecule has 4 rings (SSSR count). The second-order valence-corrected chi connectivity index (χ2v) is 6.85. The summed E-state index contributed by atoms with van der Waals surface area (Å²) in [7, 11) is 0. The summed E-state index contributed by atoms with van der Waals surface area (Å²) >= 11 is 6.05. The molecule has 5 nitrogen and oxygen atoms in total. The van der Waals surface area contributed by atoms with Gasteiger partial charge in [-0.25, -0.2) is 0 Å². The zero-order valence-corrected chi connectivity index (χ0v) is 17.6. The minimum atomic E-state index is -1.20. The number of carbonyl (C=O) groups is 2. The van der Waals surface area contributed by atoms with E-state index in [4.69, 9.17) is 11.6 Å². The van der Waals surface area contributed by atoms with Crippen molar-refractivity contribution in [3.63, 3.8) is 0 Å². The largest absolute Gasteiger partial charge is 1.00 e. The van der Waals surface area contributed by atoms with E-state index in [2.05, 4.69) is 5.32 Å². The van der Waals surface area contributed by atoms with Crippen LogP contribution in [0.2, 0.25) is 5.02 Å². The third kappa shape index (κ3) is 3.78. The molecule has 0 bridgehead atoms. The van der Waals surface area contributed by atoms with Crippen LogP contribution in [-0.4, -0.2) is 24.5 Å². The molecular formula is C20H16ClN2NaO3. The molecule has 2 aliphatic rings. The monoisotopic (exact) mass is 390 g/mol. The number of benzene rings is 2. The van der Waals surface area contributed by atoms with Crippen molar-refractivity contribution in [2.75, 3.05) is 16.8 Å². The van der Waals surface area contributed by atoms with Gasteiger partial charge in [-0.3, -0.25) is 4.79 Å². The number of amides is 1.